The summed E-state index contributed by atoms with van der Waals surface area (Å²) in [6, 6.07) is 4.52. The van der Waals surface area contributed by atoms with E-state index in [1.165, 1.54) is 17.0 Å². The Morgan fingerprint density at radius 3 is 2.74 bits per heavy atom. The molecule has 6 nitrogen and oxygen atoms in total. The molecular weight excluding hydrogens is 272 g/mol. The molecule has 0 aromatic heterocycles. The van der Waals surface area contributed by atoms with Crippen LogP contribution in [0.1, 0.15) is 12.0 Å². The fraction of sp³-hybridized carbons (Fsp3) is 0.333. The number of anilines is 1. The zero-order valence-corrected chi connectivity index (χ0v) is 10.9. The first-order valence-corrected chi connectivity index (χ1v) is 6.03. The zero-order chi connectivity index (χ0) is 14.2. The predicted octanol–water partition coefficient (Wildman–Crippen LogP) is 2.02. The average Bonchev–Trinajstić information content (AvgIpc) is 2.71. The van der Waals surface area contributed by atoms with Crippen molar-refractivity contribution < 1.29 is 14.5 Å². The molecular formula is C12H11ClN2O4. The van der Waals surface area contributed by atoms with E-state index < -0.39 is 16.1 Å². The maximum Gasteiger partial charge on any atom is 0.274 e. The molecule has 2 rings (SSSR count). The fourth-order valence-corrected chi connectivity index (χ4v) is 2.34. The van der Waals surface area contributed by atoms with E-state index in [0.717, 1.165) is 0 Å². The Hall–Kier alpha value is -1.95. The van der Waals surface area contributed by atoms with Gasteiger partial charge in [0.15, 0.2) is 0 Å². The molecule has 0 N–H and O–H groups in total. The molecule has 0 saturated carbocycles. The van der Waals surface area contributed by atoms with Crippen LogP contribution in [0.5, 0.6) is 0 Å². The number of halogens is 1. The summed E-state index contributed by atoms with van der Waals surface area (Å²) in [6.07, 6.45) is 0.0461. The number of nitro benzene ring substituents is 1. The first-order valence-electron chi connectivity index (χ1n) is 5.65. The van der Waals surface area contributed by atoms with E-state index in [1.54, 1.807) is 13.0 Å². The standard InChI is InChI=1S/C12H11ClN2O4/c1-7-9(3-2-4-10(7)15(18)19)14-6-8(12(13)17)5-11(14)16/h2-4,8H,5-6H2,1H3. The molecule has 0 spiro atoms. The van der Waals surface area contributed by atoms with Crippen molar-refractivity contribution in [1.29, 1.82) is 0 Å². The van der Waals surface area contributed by atoms with Crippen molar-refractivity contribution in [3.05, 3.63) is 33.9 Å². The van der Waals surface area contributed by atoms with Gasteiger partial charge < -0.3 is 4.90 Å². The number of benzene rings is 1. The van der Waals surface area contributed by atoms with Crippen molar-refractivity contribution in [2.45, 2.75) is 13.3 Å². The summed E-state index contributed by atoms with van der Waals surface area (Å²) in [5.41, 5.74) is 0.814. The minimum absolute atomic E-state index is 0.0461. The zero-order valence-electron chi connectivity index (χ0n) is 10.1. The van der Waals surface area contributed by atoms with Crippen LogP contribution in [-0.2, 0) is 9.59 Å². The van der Waals surface area contributed by atoms with Gasteiger partial charge in [0, 0.05) is 19.0 Å². The molecule has 7 heteroatoms. The molecule has 1 aromatic rings. The van der Waals surface area contributed by atoms with Gasteiger partial charge in [0.25, 0.3) is 5.69 Å². The molecule has 0 radical (unpaired) electrons. The van der Waals surface area contributed by atoms with Gasteiger partial charge in [0.2, 0.25) is 11.1 Å². The molecule has 1 aliphatic rings. The van der Waals surface area contributed by atoms with Gasteiger partial charge in [0.05, 0.1) is 22.1 Å². The van der Waals surface area contributed by atoms with E-state index in [0.29, 0.717) is 11.3 Å². The number of amides is 1. The topological polar surface area (TPSA) is 80.5 Å². The molecule has 1 fully saturated rings. The van der Waals surface area contributed by atoms with Crippen LogP contribution in [0.25, 0.3) is 0 Å². The highest BCUT2D eigenvalue weighted by atomic mass is 35.5. The Balaban J connectivity index is 2.38. The number of hydrogen-bond acceptors (Lipinski definition) is 4. The second kappa shape index (κ2) is 4.97. The van der Waals surface area contributed by atoms with E-state index in [9.17, 15) is 19.7 Å². The molecule has 1 heterocycles. The summed E-state index contributed by atoms with van der Waals surface area (Å²) in [5.74, 6) is -0.796. The van der Waals surface area contributed by atoms with Gasteiger partial charge in [0.1, 0.15) is 0 Å². The van der Waals surface area contributed by atoms with Crippen LogP contribution in [-0.4, -0.2) is 22.6 Å². The van der Waals surface area contributed by atoms with Gasteiger partial charge in [-0.25, -0.2) is 0 Å². The first kappa shape index (κ1) is 13.5. The summed E-state index contributed by atoms with van der Waals surface area (Å²) in [6.45, 7) is 1.75. The van der Waals surface area contributed by atoms with Gasteiger partial charge in [-0.1, -0.05) is 6.07 Å². The highest BCUT2D eigenvalue weighted by Gasteiger charge is 2.35. The van der Waals surface area contributed by atoms with Crippen LogP contribution in [0.15, 0.2) is 18.2 Å². The minimum Gasteiger partial charge on any atom is -0.311 e. The Morgan fingerprint density at radius 2 is 2.21 bits per heavy atom. The number of carbonyl (C=O) groups excluding carboxylic acids is 2. The van der Waals surface area contributed by atoms with Crippen LogP contribution in [0.3, 0.4) is 0 Å². The Kier molecular flexibility index (Phi) is 3.53. The summed E-state index contributed by atoms with van der Waals surface area (Å²) in [4.78, 5) is 34.7. The molecule has 1 atom stereocenters. The maximum absolute atomic E-state index is 11.9. The van der Waals surface area contributed by atoms with Crippen molar-refractivity contribution in [1.82, 2.24) is 0 Å². The lowest BCUT2D eigenvalue weighted by molar-refractivity contribution is -0.385. The normalized spacial score (nSPS) is 18.7. The number of hydrogen-bond donors (Lipinski definition) is 0. The second-order valence-electron chi connectivity index (χ2n) is 4.39. The lowest BCUT2D eigenvalue weighted by Crippen LogP contribution is -2.26. The molecule has 0 aliphatic carbocycles. The van der Waals surface area contributed by atoms with Gasteiger partial charge in [-0.3, -0.25) is 19.7 Å². The minimum atomic E-state index is -0.557. The second-order valence-corrected chi connectivity index (χ2v) is 4.76. The SMILES string of the molecule is Cc1c(N2CC(C(=O)Cl)CC2=O)cccc1[N+](=O)[O-]. The van der Waals surface area contributed by atoms with Crippen LogP contribution < -0.4 is 4.90 Å². The van der Waals surface area contributed by atoms with Crippen molar-refractivity contribution in [3.63, 3.8) is 0 Å². The summed E-state index contributed by atoms with van der Waals surface area (Å²) in [7, 11) is 0. The number of carbonyl (C=O) groups is 2. The fourth-order valence-electron chi connectivity index (χ4n) is 2.19. The quantitative estimate of drug-likeness (QED) is 0.482. The van der Waals surface area contributed by atoms with Gasteiger partial charge in [-0.05, 0) is 24.6 Å². The molecule has 100 valence electrons. The van der Waals surface area contributed by atoms with Crippen LogP contribution in [0.2, 0.25) is 0 Å². The monoisotopic (exact) mass is 282 g/mol. The average molecular weight is 283 g/mol. The number of nitro groups is 1. The highest BCUT2D eigenvalue weighted by Crippen LogP contribution is 2.32. The molecule has 1 aliphatic heterocycles. The summed E-state index contributed by atoms with van der Waals surface area (Å²) >= 11 is 5.40. The van der Waals surface area contributed by atoms with Crippen molar-refractivity contribution in [2.75, 3.05) is 11.4 Å². The molecule has 1 aromatic carbocycles. The first-order chi connectivity index (χ1) is 8.91. The third kappa shape index (κ3) is 2.44. The molecule has 1 saturated heterocycles. The van der Waals surface area contributed by atoms with E-state index >= 15 is 0 Å². The third-order valence-corrected chi connectivity index (χ3v) is 3.52. The molecule has 19 heavy (non-hydrogen) atoms. The van der Waals surface area contributed by atoms with E-state index in [1.807, 2.05) is 0 Å². The molecule has 0 bridgehead atoms. The lowest BCUT2D eigenvalue weighted by Gasteiger charge is -2.18. The van der Waals surface area contributed by atoms with Crippen LogP contribution >= 0.6 is 11.6 Å². The number of rotatable bonds is 3. The van der Waals surface area contributed by atoms with E-state index in [4.69, 9.17) is 11.6 Å². The van der Waals surface area contributed by atoms with Crippen LogP contribution in [0, 0.1) is 23.0 Å². The van der Waals surface area contributed by atoms with E-state index in [-0.39, 0.29) is 24.6 Å². The van der Waals surface area contributed by atoms with Gasteiger partial charge in [-0.15, -0.1) is 0 Å². The highest BCUT2D eigenvalue weighted by molar-refractivity contribution is 6.64. The lowest BCUT2D eigenvalue weighted by atomic mass is 10.1. The van der Waals surface area contributed by atoms with Crippen LogP contribution in [0.4, 0.5) is 11.4 Å². The largest absolute Gasteiger partial charge is 0.311 e. The van der Waals surface area contributed by atoms with Crippen molar-refractivity contribution in [2.24, 2.45) is 5.92 Å². The number of nitrogens with zero attached hydrogens (tertiary/aromatic N) is 2. The molecule has 1 unspecified atom stereocenters. The van der Waals surface area contributed by atoms with Crippen molar-refractivity contribution >= 4 is 34.1 Å². The van der Waals surface area contributed by atoms with Crippen molar-refractivity contribution in [3.8, 4) is 0 Å². The van der Waals surface area contributed by atoms with Gasteiger partial charge in [-0.2, -0.15) is 0 Å². The Morgan fingerprint density at radius 1 is 1.53 bits per heavy atom. The summed E-state index contributed by atoms with van der Waals surface area (Å²) < 4.78 is 0. The Labute approximate surface area is 114 Å². The van der Waals surface area contributed by atoms with E-state index in [2.05, 4.69) is 0 Å². The van der Waals surface area contributed by atoms with Gasteiger partial charge >= 0.3 is 0 Å². The molecule has 1 amide bonds. The maximum atomic E-state index is 11.9. The smallest absolute Gasteiger partial charge is 0.274 e. The predicted molar refractivity (Wildman–Crippen MR) is 69.2 cm³/mol. The summed E-state index contributed by atoms with van der Waals surface area (Å²) in [5, 5.41) is 10.3. The Bertz CT molecular complexity index is 573. The third-order valence-electron chi connectivity index (χ3n) is 3.21.